The van der Waals surface area contributed by atoms with Gasteiger partial charge in [0.25, 0.3) is 0 Å². The molecule has 0 aliphatic heterocycles. The predicted molar refractivity (Wildman–Crippen MR) is 143 cm³/mol. The number of rotatable bonds is 15. The summed E-state index contributed by atoms with van der Waals surface area (Å²) in [5.41, 5.74) is -0.0699. The van der Waals surface area contributed by atoms with E-state index in [1.165, 1.54) is 4.90 Å². The van der Waals surface area contributed by atoms with Gasteiger partial charge in [0.1, 0.15) is 17.7 Å². The molecule has 0 saturated carbocycles. The van der Waals surface area contributed by atoms with Crippen molar-refractivity contribution >= 4 is 23.9 Å². The summed E-state index contributed by atoms with van der Waals surface area (Å²) < 4.78 is 10.2. The van der Waals surface area contributed by atoms with Crippen molar-refractivity contribution in [3.63, 3.8) is 0 Å². The molecule has 1 rings (SSSR count). The van der Waals surface area contributed by atoms with Crippen LogP contribution in [0.15, 0.2) is 30.3 Å². The van der Waals surface area contributed by atoms with E-state index >= 15 is 0 Å². The van der Waals surface area contributed by atoms with Gasteiger partial charge in [-0.25, -0.2) is 4.79 Å². The van der Waals surface area contributed by atoms with Gasteiger partial charge in [-0.05, 0) is 46.6 Å². The van der Waals surface area contributed by atoms with Crippen LogP contribution in [-0.4, -0.2) is 60.1 Å². The van der Waals surface area contributed by atoms with Gasteiger partial charge in [0.2, 0.25) is 11.8 Å². The largest absolute Gasteiger partial charge is 0.466 e. The van der Waals surface area contributed by atoms with Gasteiger partial charge in [-0.3, -0.25) is 14.4 Å². The molecule has 0 fully saturated rings. The van der Waals surface area contributed by atoms with E-state index in [-0.39, 0.29) is 19.6 Å². The molecule has 2 N–H and O–H groups in total. The van der Waals surface area contributed by atoms with E-state index in [0.29, 0.717) is 18.5 Å². The smallest absolute Gasteiger partial charge is 0.408 e. The zero-order valence-corrected chi connectivity index (χ0v) is 23.3. The molecular weight excluding hydrogens is 474 g/mol. The lowest BCUT2D eigenvalue weighted by Gasteiger charge is -2.33. The summed E-state index contributed by atoms with van der Waals surface area (Å²) in [4.78, 5) is 52.7. The number of carbonyl (C=O) groups is 4. The van der Waals surface area contributed by atoms with Gasteiger partial charge in [-0.15, -0.1) is 0 Å². The minimum absolute atomic E-state index is 0.0304. The first-order valence-corrected chi connectivity index (χ1v) is 13.3. The number of amides is 3. The third kappa shape index (κ3) is 12.6. The molecule has 0 heterocycles. The van der Waals surface area contributed by atoms with E-state index in [0.717, 1.165) is 25.7 Å². The van der Waals surface area contributed by atoms with Gasteiger partial charge in [-0.2, -0.15) is 0 Å². The number of ether oxygens (including phenoxy) is 2. The third-order valence-electron chi connectivity index (χ3n) is 5.50. The van der Waals surface area contributed by atoms with E-state index in [2.05, 4.69) is 17.6 Å². The second kappa shape index (κ2) is 16.6. The maximum absolute atomic E-state index is 13.7. The highest BCUT2D eigenvalue weighted by Gasteiger charge is 2.34. The third-order valence-corrected chi connectivity index (χ3v) is 5.50. The Bertz CT molecular complexity index is 853. The minimum Gasteiger partial charge on any atom is -0.466 e. The Labute approximate surface area is 221 Å². The van der Waals surface area contributed by atoms with Crippen LogP contribution in [-0.2, 0) is 23.9 Å². The molecule has 0 aromatic heterocycles. The fourth-order valence-corrected chi connectivity index (χ4v) is 3.77. The van der Waals surface area contributed by atoms with Gasteiger partial charge < -0.3 is 25.0 Å². The summed E-state index contributed by atoms with van der Waals surface area (Å²) in [5, 5.41) is 5.38. The number of nitrogens with zero attached hydrogens (tertiary/aromatic N) is 1. The number of hydrogen-bond acceptors (Lipinski definition) is 6. The maximum atomic E-state index is 13.7. The van der Waals surface area contributed by atoms with E-state index in [4.69, 9.17) is 9.47 Å². The number of carbonyl (C=O) groups excluding carboxylic acids is 4. The average molecular weight is 520 g/mol. The number of unbranched alkanes of at least 4 members (excludes halogenated alkanes) is 4. The fraction of sp³-hybridized carbons (Fsp3) is 0.643. The molecule has 0 radical (unpaired) electrons. The summed E-state index contributed by atoms with van der Waals surface area (Å²) in [6, 6.07) is 7.19. The van der Waals surface area contributed by atoms with Gasteiger partial charge in [0.15, 0.2) is 0 Å². The van der Waals surface area contributed by atoms with Crippen LogP contribution in [0.2, 0.25) is 0 Å². The van der Waals surface area contributed by atoms with Crippen LogP contribution in [0.25, 0.3) is 0 Å². The van der Waals surface area contributed by atoms with Gasteiger partial charge >= 0.3 is 12.1 Å². The van der Waals surface area contributed by atoms with E-state index in [1.807, 2.05) is 6.07 Å². The monoisotopic (exact) mass is 519 g/mol. The standard InChI is InChI=1S/C28H45N3O6/c1-7-9-10-11-15-20-31(26(34)21(3)30-27(35)37-28(4,5)6)24(22-16-13-12-14-17-22)25(33)29-19-18-23(32)36-8-2/h12-14,16-17,21,24H,7-11,15,18-20H2,1-6H3,(H,29,33)(H,30,35). The Morgan fingerprint density at radius 3 is 2.22 bits per heavy atom. The molecule has 2 unspecified atom stereocenters. The first-order chi connectivity index (χ1) is 17.5. The van der Waals surface area contributed by atoms with E-state index in [9.17, 15) is 19.2 Å². The zero-order valence-electron chi connectivity index (χ0n) is 23.3. The first-order valence-electron chi connectivity index (χ1n) is 13.3. The van der Waals surface area contributed by atoms with Crippen molar-refractivity contribution in [2.75, 3.05) is 19.7 Å². The summed E-state index contributed by atoms with van der Waals surface area (Å²) in [6.07, 6.45) is 4.18. The van der Waals surface area contributed by atoms with Gasteiger partial charge in [0, 0.05) is 13.1 Å². The highest BCUT2D eigenvalue weighted by atomic mass is 16.6. The molecule has 2 atom stereocenters. The van der Waals surface area contributed by atoms with Gasteiger partial charge in [0.05, 0.1) is 13.0 Å². The highest BCUT2D eigenvalue weighted by Crippen LogP contribution is 2.23. The fourth-order valence-electron chi connectivity index (χ4n) is 3.77. The Balaban J connectivity index is 3.16. The molecule has 0 bridgehead atoms. The van der Waals surface area contributed by atoms with Crippen LogP contribution in [0, 0.1) is 0 Å². The number of hydrogen-bond donors (Lipinski definition) is 2. The second-order valence-corrected chi connectivity index (χ2v) is 9.97. The van der Waals surface area contributed by atoms with Crippen molar-refractivity contribution in [2.24, 2.45) is 0 Å². The van der Waals surface area contributed by atoms with Crippen molar-refractivity contribution in [1.82, 2.24) is 15.5 Å². The van der Waals surface area contributed by atoms with E-state index < -0.39 is 41.6 Å². The minimum atomic E-state index is -0.926. The number of nitrogens with one attached hydrogen (secondary N) is 2. The Morgan fingerprint density at radius 1 is 0.973 bits per heavy atom. The van der Waals surface area contributed by atoms with Crippen LogP contribution >= 0.6 is 0 Å². The van der Waals surface area contributed by atoms with Crippen LogP contribution in [0.4, 0.5) is 4.79 Å². The highest BCUT2D eigenvalue weighted by molar-refractivity contribution is 5.92. The normalized spacial score (nSPS) is 12.7. The van der Waals surface area contributed by atoms with Crippen LogP contribution < -0.4 is 10.6 Å². The summed E-state index contributed by atoms with van der Waals surface area (Å²) >= 11 is 0. The molecule has 1 aromatic carbocycles. The maximum Gasteiger partial charge on any atom is 0.408 e. The molecule has 3 amide bonds. The summed E-state index contributed by atoms with van der Waals surface area (Å²) in [6.45, 7) is 11.4. The lowest BCUT2D eigenvalue weighted by Crippen LogP contribution is -2.52. The Kier molecular flexibility index (Phi) is 14.3. The molecule has 9 nitrogen and oxygen atoms in total. The van der Waals surface area contributed by atoms with Crippen molar-refractivity contribution in [3.8, 4) is 0 Å². The SMILES string of the molecule is CCCCCCCN(C(=O)C(C)NC(=O)OC(C)(C)C)C(C(=O)NCCC(=O)OCC)c1ccccc1. The van der Waals surface area contributed by atoms with Crippen LogP contribution in [0.1, 0.15) is 91.7 Å². The quantitative estimate of drug-likeness (QED) is 0.260. The molecule has 37 heavy (non-hydrogen) atoms. The summed E-state index contributed by atoms with van der Waals surface area (Å²) in [7, 11) is 0. The van der Waals surface area contributed by atoms with Crippen LogP contribution in [0.3, 0.4) is 0 Å². The van der Waals surface area contributed by atoms with Gasteiger partial charge in [-0.1, -0.05) is 62.9 Å². The van der Waals surface area contributed by atoms with Crippen LogP contribution in [0.5, 0.6) is 0 Å². The van der Waals surface area contributed by atoms with Crippen molar-refractivity contribution in [3.05, 3.63) is 35.9 Å². The topological polar surface area (TPSA) is 114 Å². The molecule has 1 aromatic rings. The molecular formula is C28H45N3O6. The number of esters is 1. The number of benzene rings is 1. The lowest BCUT2D eigenvalue weighted by atomic mass is 10.0. The average Bonchev–Trinajstić information content (AvgIpc) is 2.82. The molecule has 9 heteroatoms. The molecule has 0 aliphatic rings. The van der Waals surface area contributed by atoms with Crippen molar-refractivity contribution in [2.45, 2.75) is 97.8 Å². The van der Waals surface area contributed by atoms with E-state index in [1.54, 1.807) is 58.9 Å². The molecule has 208 valence electrons. The second-order valence-electron chi connectivity index (χ2n) is 9.97. The molecule has 0 spiro atoms. The number of alkyl carbamates (subject to hydrolysis) is 1. The Morgan fingerprint density at radius 2 is 1.62 bits per heavy atom. The molecule has 0 aliphatic carbocycles. The molecule has 0 saturated heterocycles. The first kappa shape index (κ1) is 31.9. The summed E-state index contributed by atoms with van der Waals surface area (Å²) in [5.74, 6) is -1.20. The predicted octanol–water partition coefficient (Wildman–Crippen LogP) is 4.51. The lowest BCUT2D eigenvalue weighted by molar-refractivity contribution is -0.144. The zero-order chi connectivity index (χ0) is 27.8. The Hall–Kier alpha value is -3.10. The van der Waals surface area contributed by atoms with Crippen molar-refractivity contribution in [1.29, 1.82) is 0 Å². The van der Waals surface area contributed by atoms with Crippen molar-refractivity contribution < 1.29 is 28.7 Å².